The van der Waals surface area contributed by atoms with E-state index in [1.54, 1.807) is 18.5 Å². The van der Waals surface area contributed by atoms with Crippen LogP contribution in [0.4, 0.5) is 5.95 Å². The number of pyridine rings is 1. The molecule has 21 heavy (non-hydrogen) atoms. The molecule has 0 aromatic carbocycles. The van der Waals surface area contributed by atoms with Crippen LogP contribution in [0.3, 0.4) is 0 Å². The number of carbonyl (C=O) groups excluding carboxylic acids is 1. The van der Waals surface area contributed by atoms with Crippen molar-refractivity contribution in [3.63, 3.8) is 0 Å². The van der Waals surface area contributed by atoms with Gasteiger partial charge in [-0.1, -0.05) is 19.9 Å². The fourth-order valence-electron chi connectivity index (χ4n) is 1.63. The van der Waals surface area contributed by atoms with Gasteiger partial charge in [0.1, 0.15) is 5.69 Å². The van der Waals surface area contributed by atoms with Crippen molar-refractivity contribution in [2.45, 2.75) is 20.4 Å². The second-order valence-corrected chi connectivity index (χ2v) is 5.04. The Hall–Kier alpha value is -2.50. The second kappa shape index (κ2) is 7.33. The minimum atomic E-state index is -0.240. The van der Waals surface area contributed by atoms with Crippen LogP contribution in [0.5, 0.6) is 0 Å². The average Bonchev–Trinajstić information content (AvgIpc) is 2.52. The Morgan fingerprint density at radius 1 is 1.19 bits per heavy atom. The van der Waals surface area contributed by atoms with E-state index in [4.69, 9.17) is 0 Å². The number of nitrogens with one attached hydrogen (secondary N) is 2. The van der Waals surface area contributed by atoms with Gasteiger partial charge in [0.15, 0.2) is 0 Å². The summed E-state index contributed by atoms with van der Waals surface area (Å²) in [6.45, 7) is 5.32. The summed E-state index contributed by atoms with van der Waals surface area (Å²) in [5, 5.41) is 5.89. The lowest BCUT2D eigenvalue weighted by Gasteiger charge is -2.08. The highest BCUT2D eigenvalue weighted by Gasteiger charge is 2.09. The molecular weight excluding hydrogens is 266 g/mol. The summed E-state index contributed by atoms with van der Waals surface area (Å²) in [6, 6.07) is 7.17. The molecule has 2 N–H and O–H groups in total. The van der Waals surface area contributed by atoms with Crippen LogP contribution in [0.25, 0.3) is 0 Å². The summed E-state index contributed by atoms with van der Waals surface area (Å²) < 4.78 is 0. The molecule has 0 saturated heterocycles. The smallest absolute Gasteiger partial charge is 0.270 e. The summed E-state index contributed by atoms with van der Waals surface area (Å²) in [6.07, 6.45) is 3.27. The van der Waals surface area contributed by atoms with E-state index in [9.17, 15) is 4.79 Å². The number of carbonyl (C=O) groups is 1. The largest absolute Gasteiger partial charge is 0.354 e. The standard InChI is InChI=1S/C15H19N5O/c1-11(2)9-19-15-17-8-6-13(20-15)14(21)18-10-12-5-3-4-7-16-12/h3-8,11H,9-10H2,1-2H3,(H,18,21)(H,17,19,20). The highest BCUT2D eigenvalue weighted by Crippen LogP contribution is 2.03. The number of hydrogen-bond acceptors (Lipinski definition) is 5. The number of nitrogens with zero attached hydrogens (tertiary/aromatic N) is 3. The van der Waals surface area contributed by atoms with E-state index in [0.717, 1.165) is 12.2 Å². The summed E-state index contributed by atoms with van der Waals surface area (Å²) in [5.41, 5.74) is 1.14. The van der Waals surface area contributed by atoms with Crippen LogP contribution >= 0.6 is 0 Å². The maximum Gasteiger partial charge on any atom is 0.270 e. The zero-order chi connectivity index (χ0) is 15.1. The van der Waals surface area contributed by atoms with Gasteiger partial charge in [0.25, 0.3) is 5.91 Å². The molecule has 0 atom stereocenters. The van der Waals surface area contributed by atoms with Crippen LogP contribution in [0.15, 0.2) is 36.7 Å². The van der Waals surface area contributed by atoms with Crippen molar-refractivity contribution in [3.8, 4) is 0 Å². The molecule has 0 unspecified atom stereocenters. The second-order valence-electron chi connectivity index (χ2n) is 5.04. The lowest BCUT2D eigenvalue weighted by Crippen LogP contribution is -2.24. The van der Waals surface area contributed by atoms with Crippen molar-refractivity contribution in [1.29, 1.82) is 0 Å². The SMILES string of the molecule is CC(C)CNc1nccc(C(=O)NCc2ccccn2)n1. The molecular formula is C15H19N5O. The zero-order valence-corrected chi connectivity index (χ0v) is 12.2. The minimum Gasteiger partial charge on any atom is -0.354 e. The molecule has 0 fully saturated rings. The Balaban J connectivity index is 1.94. The summed E-state index contributed by atoms with van der Waals surface area (Å²) in [7, 11) is 0. The summed E-state index contributed by atoms with van der Waals surface area (Å²) in [5.74, 6) is 0.708. The lowest BCUT2D eigenvalue weighted by molar-refractivity contribution is 0.0945. The number of aromatic nitrogens is 3. The van der Waals surface area contributed by atoms with Gasteiger partial charge in [-0.3, -0.25) is 9.78 Å². The first-order valence-electron chi connectivity index (χ1n) is 6.90. The summed E-state index contributed by atoms with van der Waals surface area (Å²) in [4.78, 5) is 24.5. The molecule has 0 saturated carbocycles. The zero-order valence-electron chi connectivity index (χ0n) is 12.2. The molecule has 0 aliphatic rings. The number of anilines is 1. The van der Waals surface area contributed by atoms with E-state index in [2.05, 4.69) is 39.4 Å². The highest BCUT2D eigenvalue weighted by molar-refractivity contribution is 5.92. The molecule has 2 aromatic rings. The van der Waals surface area contributed by atoms with Crippen LogP contribution in [-0.2, 0) is 6.54 Å². The van der Waals surface area contributed by atoms with Crippen LogP contribution in [0.1, 0.15) is 30.0 Å². The Labute approximate surface area is 124 Å². The molecule has 2 aromatic heterocycles. The quantitative estimate of drug-likeness (QED) is 0.847. The van der Waals surface area contributed by atoms with Crippen LogP contribution in [0.2, 0.25) is 0 Å². The average molecular weight is 285 g/mol. The van der Waals surface area contributed by atoms with Gasteiger partial charge in [-0.05, 0) is 24.1 Å². The Kier molecular flexibility index (Phi) is 5.20. The van der Waals surface area contributed by atoms with Gasteiger partial charge < -0.3 is 10.6 Å². The Bertz CT molecular complexity index is 586. The molecule has 0 aliphatic heterocycles. The highest BCUT2D eigenvalue weighted by atomic mass is 16.1. The predicted octanol–water partition coefficient (Wildman–Crippen LogP) is 1.87. The monoisotopic (exact) mass is 285 g/mol. The van der Waals surface area contributed by atoms with Crippen LogP contribution in [0, 0.1) is 5.92 Å². The van der Waals surface area contributed by atoms with Crippen LogP contribution in [-0.4, -0.2) is 27.4 Å². The van der Waals surface area contributed by atoms with Gasteiger partial charge in [0.05, 0.1) is 12.2 Å². The minimum absolute atomic E-state index is 0.240. The normalized spacial score (nSPS) is 10.4. The molecule has 1 amide bonds. The molecule has 0 aliphatic carbocycles. The van der Waals surface area contributed by atoms with Crippen LogP contribution < -0.4 is 10.6 Å². The first kappa shape index (κ1) is 14.9. The third-order valence-corrected chi connectivity index (χ3v) is 2.71. The van der Waals surface area contributed by atoms with Gasteiger partial charge in [-0.2, -0.15) is 0 Å². The predicted molar refractivity (Wildman–Crippen MR) is 80.8 cm³/mol. The van der Waals surface area contributed by atoms with Crippen molar-refractivity contribution in [3.05, 3.63) is 48.0 Å². The van der Waals surface area contributed by atoms with Gasteiger partial charge in [0, 0.05) is 18.9 Å². The fraction of sp³-hybridized carbons (Fsp3) is 0.333. The van der Waals surface area contributed by atoms with E-state index in [0.29, 0.717) is 24.1 Å². The van der Waals surface area contributed by atoms with Gasteiger partial charge in [-0.15, -0.1) is 0 Å². The molecule has 6 heteroatoms. The van der Waals surface area contributed by atoms with Gasteiger partial charge in [0.2, 0.25) is 5.95 Å². The number of amides is 1. The number of hydrogen-bond donors (Lipinski definition) is 2. The number of rotatable bonds is 6. The third-order valence-electron chi connectivity index (χ3n) is 2.71. The fourth-order valence-corrected chi connectivity index (χ4v) is 1.63. The maximum atomic E-state index is 12.1. The van der Waals surface area contributed by atoms with Gasteiger partial charge in [-0.25, -0.2) is 9.97 Å². The van der Waals surface area contributed by atoms with Crippen molar-refractivity contribution in [2.75, 3.05) is 11.9 Å². The van der Waals surface area contributed by atoms with Crippen molar-refractivity contribution < 1.29 is 4.79 Å². The van der Waals surface area contributed by atoms with Gasteiger partial charge >= 0.3 is 0 Å². The van der Waals surface area contributed by atoms with E-state index < -0.39 is 0 Å². The maximum absolute atomic E-state index is 12.1. The Morgan fingerprint density at radius 2 is 2.05 bits per heavy atom. The molecule has 0 spiro atoms. The molecule has 0 radical (unpaired) electrons. The molecule has 0 bridgehead atoms. The lowest BCUT2D eigenvalue weighted by atomic mass is 10.2. The topological polar surface area (TPSA) is 79.8 Å². The van der Waals surface area contributed by atoms with E-state index >= 15 is 0 Å². The van der Waals surface area contributed by atoms with E-state index in [-0.39, 0.29) is 5.91 Å². The van der Waals surface area contributed by atoms with Crippen molar-refractivity contribution in [1.82, 2.24) is 20.3 Å². The first-order valence-corrected chi connectivity index (χ1v) is 6.90. The van der Waals surface area contributed by atoms with Crippen molar-refractivity contribution in [2.24, 2.45) is 5.92 Å². The Morgan fingerprint density at radius 3 is 2.76 bits per heavy atom. The molecule has 6 nitrogen and oxygen atoms in total. The summed E-state index contributed by atoms with van der Waals surface area (Å²) >= 11 is 0. The third kappa shape index (κ3) is 4.83. The molecule has 110 valence electrons. The van der Waals surface area contributed by atoms with Crippen molar-refractivity contribution >= 4 is 11.9 Å². The van der Waals surface area contributed by atoms with E-state index in [1.807, 2.05) is 18.2 Å². The molecule has 2 rings (SSSR count). The first-order chi connectivity index (χ1) is 10.1. The van der Waals surface area contributed by atoms with E-state index in [1.165, 1.54) is 0 Å². The molecule has 2 heterocycles.